The summed E-state index contributed by atoms with van der Waals surface area (Å²) < 4.78 is 60.5. The average molecular weight is 292 g/mol. The second-order valence-electron chi connectivity index (χ2n) is 3.44. The molecule has 4 N–H and O–H groups in total. The second kappa shape index (κ2) is 5.80. The fraction of sp³-hybridized carbons (Fsp3) is 0.625. The van der Waals surface area contributed by atoms with E-state index < -0.39 is 48.8 Å². The van der Waals surface area contributed by atoms with E-state index in [0.29, 0.717) is 0 Å². The zero-order valence-electron chi connectivity index (χ0n) is 9.13. The van der Waals surface area contributed by atoms with Crippen molar-refractivity contribution >= 4 is 17.8 Å². The quantitative estimate of drug-likeness (QED) is 0.599. The van der Waals surface area contributed by atoms with Crippen LogP contribution in [0.4, 0.5) is 22.0 Å². The SMILES string of the molecule is NC(=O)CC[C@@H](NC(=O)C(F)(F)C(F)(F)F)C(=O)O. The number of amides is 2. The molecule has 1 atom stereocenters. The van der Waals surface area contributed by atoms with E-state index in [1.807, 2.05) is 0 Å². The van der Waals surface area contributed by atoms with Gasteiger partial charge in [0.05, 0.1) is 0 Å². The van der Waals surface area contributed by atoms with E-state index in [2.05, 4.69) is 5.73 Å². The molecular formula is C8H9F5N2O4. The van der Waals surface area contributed by atoms with Gasteiger partial charge in [-0.2, -0.15) is 22.0 Å². The van der Waals surface area contributed by atoms with Gasteiger partial charge in [0, 0.05) is 6.42 Å². The van der Waals surface area contributed by atoms with Crippen LogP contribution in [-0.2, 0) is 14.4 Å². The Morgan fingerprint density at radius 2 is 1.63 bits per heavy atom. The molecule has 0 saturated heterocycles. The molecule has 0 rings (SSSR count). The fourth-order valence-electron chi connectivity index (χ4n) is 0.922. The Balaban J connectivity index is 4.82. The molecular weight excluding hydrogens is 283 g/mol. The van der Waals surface area contributed by atoms with E-state index in [1.54, 1.807) is 0 Å². The zero-order valence-corrected chi connectivity index (χ0v) is 9.13. The van der Waals surface area contributed by atoms with Crippen LogP contribution in [-0.4, -0.2) is 41.0 Å². The minimum Gasteiger partial charge on any atom is -0.480 e. The van der Waals surface area contributed by atoms with Gasteiger partial charge in [-0.15, -0.1) is 0 Å². The highest BCUT2D eigenvalue weighted by Gasteiger charge is 2.63. The molecule has 0 aliphatic heterocycles. The molecule has 0 fully saturated rings. The van der Waals surface area contributed by atoms with Crippen LogP contribution in [0.2, 0.25) is 0 Å². The van der Waals surface area contributed by atoms with Crippen molar-refractivity contribution in [3.8, 4) is 0 Å². The second-order valence-corrected chi connectivity index (χ2v) is 3.44. The summed E-state index contributed by atoms with van der Waals surface area (Å²) in [7, 11) is 0. The summed E-state index contributed by atoms with van der Waals surface area (Å²) in [5.74, 6) is -11.4. The standard InChI is InChI=1S/C8H9F5N2O4/c9-7(10,8(11,12)13)6(19)15-3(5(17)18)1-2-4(14)16/h3H,1-2H2,(H2,14,16)(H,15,19)(H,17,18)/t3-/m1/s1. The summed E-state index contributed by atoms with van der Waals surface area (Å²) in [4.78, 5) is 31.6. The number of nitrogens with two attached hydrogens (primary N) is 1. The number of alkyl halides is 5. The van der Waals surface area contributed by atoms with Gasteiger partial charge in [0.2, 0.25) is 5.91 Å². The van der Waals surface area contributed by atoms with Crippen LogP contribution in [0.1, 0.15) is 12.8 Å². The molecule has 0 aliphatic rings. The van der Waals surface area contributed by atoms with Crippen LogP contribution < -0.4 is 11.1 Å². The lowest BCUT2D eigenvalue weighted by Crippen LogP contribution is -2.54. The Hall–Kier alpha value is -1.94. The third-order valence-corrected chi connectivity index (χ3v) is 1.92. The molecule has 0 aromatic heterocycles. The molecule has 11 heteroatoms. The minimum atomic E-state index is -6.15. The molecule has 0 radical (unpaired) electrons. The van der Waals surface area contributed by atoms with Crippen LogP contribution in [0.3, 0.4) is 0 Å². The monoisotopic (exact) mass is 292 g/mol. The maximum Gasteiger partial charge on any atom is 0.463 e. The van der Waals surface area contributed by atoms with Crippen molar-refractivity contribution in [1.29, 1.82) is 0 Å². The molecule has 0 unspecified atom stereocenters. The number of hydrogen-bond donors (Lipinski definition) is 3. The van der Waals surface area contributed by atoms with Gasteiger partial charge in [-0.3, -0.25) is 9.59 Å². The van der Waals surface area contributed by atoms with Gasteiger partial charge in [-0.1, -0.05) is 0 Å². The van der Waals surface area contributed by atoms with Gasteiger partial charge in [0.1, 0.15) is 6.04 Å². The van der Waals surface area contributed by atoms with Gasteiger partial charge in [0.25, 0.3) is 0 Å². The van der Waals surface area contributed by atoms with Crippen molar-refractivity contribution < 1.29 is 41.4 Å². The topological polar surface area (TPSA) is 109 Å². The first-order valence-corrected chi connectivity index (χ1v) is 4.66. The summed E-state index contributed by atoms with van der Waals surface area (Å²) in [6.07, 6.45) is -7.46. The molecule has 19 heavy (non-hydrogen) atoms. The van der Waals surface area contributed by atoms with Gasteiger partial charge in [0.15, 0.2) is 0 Å². The highest BCUT2D eigenvalue weighted by Crippen LogP contribution is 2.35. The van der Waals surface area contributed by atoms with Gasteiger partial charge in [-0.05, 0) is 6.42 Å². The van der Waals surface area contributed by atoms with Crippen LogP contribution in [0.25, 0.3) is 0 Å². The molecule has 2 amide bonds. The number of halogens is 5. The van der Waals surface area contributed by atoms with Crippen molar-refractivity contribution in [3.63, 3.8) is 0 Å². The van der Waals surface area contributed by atoms with Gasteiger partial charge < -0.3 is 16.2 Å². The van der Waals surface area contributed by atoms with E-state index in [-0.39, 0.29) is 0 Å². The summed E-state index contributed by atoms with van der Waals surface area (Å²) >= 11 is 0. The van der Waals surface area contributed by atoms with Gasteiger partial charge >= 0.3 is 24.0 Å². The smallest absolute Gasteiger partial charge is 0.463 e. The zero-order chi connectivity index (χ0) is 15.4. The number of nitrogens with one attached hydrogen (secondary N) is 1. The Kier molecular flexibility index (Phi) is 5.21. The number of carbonyl (C=O) groups is 3. The van der Waals surface area contributed by atoms with Crippen LogP contribution >= 0.6 is 0 Å². The molecule has 0 aliphatic carbocycles. The van der Waals surface area contributed by atoms with Crippen molar-refractivity contribution in [3.05, 3.63) is 0 Å². The molecule has 0 saturated carbocycles. The predicted molar refractivity (Wildman–Crippen MR) is 49.0 cm³/mol. The minimum absolute atomic E-state index is 0.602. The molecule has 0 aromatic rings. The van der Waals surface area contributed by atoms with Crippen LogP contribution in [0, 0.1) is 0 Å². The van der Waals surface area contributed by atoms with Crippen molar-refractivity contribution in [2.75, 3.05) is 0 Å². The van der Waals surface area contributed by atoms with Gasteiger partial charge in [-0.25, -0.2) is 4.79 Å². The first-order valence-electron chi connectivity index (χ1n) is 4.66. The van der Waals surface area contributed by atoms with E-state index in [0.717, 1.165) is 5.32 Å². The first-order chi connectivity index (χ1) is 8.39. The van der Waals surface area contributed by atoms with E-state index in [1.165, 1.54) is 0 Å². The fourth-order valence-corrected chi connectivity index (χ4v) is 0.922. The average Bonchev–Trinajstić information content (AvgIpc) is 2.21. The Bertz CT molecular complexity index is 382. The molecule has 6 nitrogen and oxygen atoms in total. The third-order valence-electron chi connectivity index (χ3n) is 1.92. The van der Waals surface area contributed by atoms with E-state index in [4.69, 9.17) is 5.11 Å². The lowest BCUT2D eigenvalue weighted by molar-refractivity contribution is -0.270. The van der Waals surface area contributed by atoms with E-state index >= 15 is 0 Å². The molecule has 0 aromatic carbocycles. The van der Waals surface area contributed by atoms with E-state index in [9.17, 15) is 36.3 Å². The van der Waals surface area contributed by atoms with Crippen molar-refractivity contribution in [2.24, 2.45) is 5.73 Å². The number of carboxylic acids is 1. The lowest BCUT2D eigenvalue weighted by atomic mass is 10.1. The Morgan fingerprint density at radius 1 is 1.16 bits per heavy atom. The summed E-state index contributed by atoms with van der Waals surface area (Å²) in [5, 5.41) is 9.51. The van der Waals surface area contributed by atoms with Crippen molar-refractivity contribution in [2.45, 2.75) is 31.0 Å². The Morgan fingerprint density at radius 3 is 1.95 bits per heavy atom. The molecule has 0 spiro atoms. The maximum absolute atomic E-state index is 12.5. The third kappa shape index (κ3) is 4.67. The van der Waals surface area contributed by atoms with Crippen LogP contribution in [0.5, 0.6) is 0 Å². The van der Waals surface area contributed by atoms with Crippen LogP contribution in [0.15, 0.2) is 0 Å². The molecule has 0 heterocycles. The summed E-state index contributed by atoms with van der Waals surface area (Å²) in [5.41, 5.74) is 4.65. The molecule has 110 valence electrons. The Labute approximate surface area is 102 Å². The highest BCUT2D eigenvalue weighted by atomic mass is 19.4. The number of carboxylic acid groups (broad SMARTS) is 1. The highest BCUT2D eigenvalue weighted by molar-refractivity contribution is 5.89. The number of aliphatic carboxylic acids is 1. The maximum atomic E-state index is 12.5. The largest absolute Gasteiger partial charge is 0.480 e. The van der Waals surface area contributed by atoms with Crippen molar-refractivity contribution in [1.82, 2.24) is 5.32 Å². The number of rotatable bonds is 6. The first kappa shape index (κ1) is 17.1. The summed E-state index contributed by atoms with van der Waals surface area (Å²) in [6.45, 7) is 0. The number of carbonyl (C=O) groups excluding carboxylic acids is 2. The predicted octanol–water partition coefficient (Wildman–Crippen LogP) is 0.0189. The number of primary amides is 1. The molecule has 0 bridgehead atoms. The normalized spacial score (nSPS) is 13.7. The number of hydrogen-bond acceptors (Lipinski definition) is 3. The lowest BCUT2D eigenvalue weighted by Gasteiger charge is -2.21. The summed E-state index contributed by atoms with van der Waals surface area (Å²) in [6, 6.07) is -2.08.